The van der Waals surface area contributed by atoms with Gasteiger partial charge in [-0.3, -0.25) is 14.5 Å². The van der Waals surface area contributed by atoms with Crippen LogP contribution in [0.25, 0.3) is 0 Å². The SMILES string of the molecule is CC(C)c1ccc([C@H](NC(=O)CN2C(=O)N[C@](C)(c3ccc(OC(F)F)cc3)C2=O)C(C)C)cc1. The molecule has 188 valence electrons. The smallest absolute Gasteiger partial charge is 0.387 e. The Balaban J connectivity index is 1.71. The molecule has 1 fully saturated rings. The van der Waals surface area contributed by atoms with Gasteiger partial charge >= 0.3 is 12.6 Å². The van der Waals surface area contributed by atoms with E-state index in [2.05, 4.69) is 29.2 Å². The number of hydrogen-bond donors (Lipinski definition) is 2. The van der Waals surface area contributed by atoms with Gasteiger partial charge in [-0.15, -0.1) is 0 Å². The van der Waals surface area contributed by atoms with Crippen LogP contribution in [-0.2, 0) is 15.1 Å². The highest BCUT2D eigenvalue weighted by molar-refractivity contribution is 6.09. The number of alkyl halides is 2. The lowest BCUT2D eigenvalue weighted by Gasteiger charge is -2.25. The molecule has 0 bridgehead atoms. The van der Waals surface area contributed by atoms with E-state index in [0.717, 1.165) is 10.5 Å². The van der Waals surface area contributed by atoms with Crippen molar-refractivity contribution in [2.24, 2.45) is 5.92 Å². The number of benzene rings is 2. The molecule has 2 N–H and O–H groups in total. The van der Waals surface area contributed by atoms with Crippen LogP contribution in [0.15, 0.2) is 48.5 Å². The maximum absolute atomic E-state index is 13.1. The van der Waals surface area contributed by atoms with Crippen molar-refractivity contribution in [2.75, 3.05) is 6.54 Å². The minimum absolute atomic E-state index is 0.0680. The molecule has 1 saturated heterocycles. The maximum atomic E-state index is 13.1. The molecule has 4 amide bonds. The van der Waals surface area contributed by atoms with Crippen molar-refractivity contribution in [3.8, 4) is 5.75 Å². The predicted molar refractivity (Wildman–Crippen MR) is 127 cm³/mol. The van der Waals surface area contributed by atoms with Gasteiger partial charge in [-0.2, -0.15) is 8.78 Å². The second-order valence-electron chi connectivity index (χ2n) is 9.46. The zero-order chi connectivity index (χ0) is 25.9. The highest BCUT2D eigenvalue weighted by Gasteiger charge is 2.49. The average Bonchev–Trinajstić information content (AvgIpc) is 3.01. The Kier molecular flexibility index (Phi) is 7.77. The van der Waals surface area contributed by atoms with Crippen molar-refractivity contribution in [1.82, 2.24) is 15.5 Å². The normalized spacial score (nSPS) is 18.9. The minimum Gasteiger partial charge on any atom is -0.435 e. The van der Waals surface area contributed by atoms with Crippen molar-refractivity contribution < 1.29 is 27.9 Å². The predicted octanol–water partition coefficient (Wildman–Crippen LogP) is 4.69. The van der Waals surface area contributed by atoms with Crippen LogP contribution < -0.4 is 15.4 Å². The summed E-state index contributed by atoms with van der Waals surface area (Å²) in [4.78, 5) is 39.5. The third kappa shape index (κ3) is 5.78. The number of nitrogens with zero attached hydrogens (tertiary/aromatic N) is 1. The fourth-order valence-electron chi connectivity index (χ4n) is 4.09. The molecular weight excluding hydrogens is 456 g/mol. The van der Waals surface area contributed by atoms with E-state index in [-0.39, 0.29) is 17.7 Å². The van der Waals surface area contributed by atoms with E-state index in [9.17, 15) is 23.2 Å². The first-order valence-corrected chi connectivity index (χ1v) is 11.5. The molecule has 0 saturated carbocycles. The van der Waals surface area contributed by atoms with Crippen molar-refractivity contribution >= 4 is 17.8 Å². The standard InChI is InChI=1S/C26H31F2N3O4/c1-15(2)17-6-8-18(9-7-17)22(16(3)4)29-21(32)14-31-23(33)26(5,30-25(31)34)19-10-12-20(13-11-19)35-24(27)28/h6-13,15-16,22,24H,14H2,1-5H3,(H,29,32)(H,30,34)/t22-,26-/m1/s1. The molecule has 0 radical (unpaired) electrons. The number of hydrogen-bond acceptors (Lipinski definition) is 4. The summed E-state index contributed by atoms with van der Waals surface area (Å²) in [6.07, 6.45) is 0. The van der Waals surface area contributed by atoms with Crippen LogP contribution >= 0.6 is 0 Å². The van der Waals surface area contributed by atoms with Crippen LogP contribution in [0.5, 0.6) is 5.75 Å². The molecule has 2 atom stereocenters. The molecule has 9 heteroatoms. The molecule has 1 aliphatic rings. The van der Waals surface area contributed by atoms with Crippen LogP contribution in [0, 0.1) is 5.92 Å². The van der Waals surface area contributed by atoms with Crippen molar-refractivity contribution in [1.29, 1.82) is 0 Å². The zero-order valence-electron chi connectivity index (χ0n) is 20.5. The number of amides is 4. The molecule has 1 heterocycles. The third-order valence-electron chi connectivity index (χ3n) is 6.18. The quantitative estimate of drug-likeness (QED) is 0.503. The largest absolute Gasteiger partial charge is 0.435 e. The van der Waals surface area contributed by atoms with Gasteiger partial charge in [-0.05, 0) is 47.6 Å². The molecule has 0 spiro atoms. The number of urea groups is 1. The van der Waals surface area contributed by atoms with E-state index in [1.807, 2.05) is 38.1 Å². The number of carbonyl (C=O) groups excluding carboxylic acids is 3. The molecule has 2 aromatic rings. The number of ether oxygens (including phenoxy) is 1. The molecule has 3 rings (SSSR count). The summed E-state index contributed by atoms with van der Waals surface area (Å²) < 4.78 is 29.1. The lowest BCUT2D eigenvalue weighted by molar-refractivity contribution is -0.135. The van der Waals surface area contributed by atoms with E-state index < -0.39 is 36.5 Å². The van der Waals surface area contributed by atoms with Crippen LogP contribution in [0.1, 0.15) is 63.3 Å². The van der Waals surface area contributed by atoms with Crippen molar-refractivity contribution in [3.63, 3.8) is 0 Å². The van der Waals surface area contributed by atoms with Gasteiger partial charge in [0.25, 0.3) is 5.91 Å². The van der Waals surface area contributed by atoms with E-state index in [1.54, 1.807) is 0 Å². The van der Waals surface area contributed by atoms with Gasteiger partial charge < -0.3 is 15.4 Å². The Morgan fingerprint density at radius 1 is 1.00 bits per heavy atom. The Morgan fingerprint density at radius 3 is 2.09 bits per heavy atom. The second-order valence-corrected chi connectivity index (χ2v) is 9.46. The average molecular weight is 488 g/mol. The number of rotatable bonds is 9. The van der Waals surface area contributed by atoms with Gasteiger partial charge in [0.1, 0.15) is 17.8 Å². The van der Waals surface area contributed by atoms with Gasteiger partial charge in [0.15, 0.2) is 0 Å². The molecule has 2 aromatic carbocycles. The van der Waals surface area contributed by atoms with Gasteiger partial charge in [-0.1, -0.05) is 64.1 Å². The number of carbonyl (C=O) groups is 3. The number of halogens is 2. The molecule has 7 nitrogen and oxygen atoms in total. The molecular formula is C26H31F2N3O4. The highest BCUT2D eigenvalue weighted by Crippen LogP contribution is 2.30. The minimum atomic E-state index is -2.97. The van der Waals surface area contributed by atoms with Crippen LogP contribution in [-0.4, -0.2) is 35.9 Å². The molecule has 0 unspecified atom stereocenters. The summed E-state index contributed by atoms with van der Waals surface area (Å²) in [5.74, 6) is -0.682. The van der Waals surface area contributed by atoms with E-state index in [0.29, 0.717) is 11.5 Å². The first kappa shape index (κ1) is 26.1. The Hall–Kier alpha value is -3.49. The lowest BCUT2D eigenvalue weighted by atomic mass is 9.92. The summed E-state index contributed by atoms with van der Waals surface area (Å²) in [6.45, 7) is 6.26. The van der Waals surface area contributed by atoms with Gasteiger partial charge in [0.05, 0.1) is 6.04 Å². The van der Waals surface area contributed by atoms with Crippen LogP contribution in [0.2, 0.25) is 0 Å². The first-order chi connectivity index (χ1) is 16.4. The molecule has 0 aromatic heterocycles. The lowest BCUT2D eigenvalue weighted by Crippen LogP contribution is -2.44. The first-order valence-electron chi connectivity index (χ1n) is 11.5. The summed E-state index contributed by atoms with van der Waals surface area (Å²) >= 11 is 0. The van der Waals surface area contributed by atoms with E-state index in [1.165, 1.54) is 36.8 Å². The molecule has 1 aliphatic heterocycles. The van der Waals surface area contributed by atoms with Crippen molar-refractivity contribution in [2.45, 2.75) is 58.7 Å². The monoisotopic (exact) mass is 487 g/mol. The Morgan fingerprint density at radius 2 is 1.57 bits per heavy atom. The summed E-state index contributed by atoms with van der Waals surface area (Å²) in [7, 11) is 0. The second kappa shape index (κ2) is 10.4. The van der Waals surface area contributed by atoms with Crippen LogP contribution in [0.3, 0.4) is 0 Å². The number of imide groups is 1. The fourth-order valence-corrected chi connectivity index (χ4v) is 4.09. The Bertz CT molecular complexity index is 1070. The summed E-state index contributed by atoms with van der Waals surface area (Å²) in [5, 5.41) is 5.55. The fraction of sp³-hybridized carbons (Fsp3) is 0.423. The highest BCUT2D eigenvalue weighted by atomic mass is 19.3. The van der Waals surface area contributed by atoms with E-state index in [4.69, 9.17) is 0 Å². The summed E-state index contributed by atoms with van der Waals surface area (Å²) in [5.41, 5.74) is 1.07. The summed E-state index contributed by atoms with van der Waals surface area (Å²) in [6, 6.07) is 12.5. The van der Waals surface area contributed by atoms with Gasteiger partial charge in [0, 0.05) is 0 Å². The van der Waals surface area contributed by atoms with Crippen molar-refractivity contribution in [3.05, 3.63) is 65.2 Å². The molecule has 0 aliphatic carbocycles. The van der Waals surface area contributed by atoms with E-state index >= 15 is 0 Å². The van der Waals surface area contributed by atoms with Crippen LogP contribution in [0.4, 0.5) is 13.6 Å². The van der Waals surface area contributed by atoms with Gasteiger partial charge in [-0.25, -0.2) is 4.79 Å². The third-order valence-corrected chi connectivity index (χ3v) is 6.18. The maximum Gasteiger partial charge on any atom is 0.387 e. The van der Waals surface area contributed by atoms with Gasteiger partial charge in [0.2, 0.25) is 5.91 Å². The zero-order valence-corrected chi connectivity index (χ0v) is 20.5. The topological polar surface area (TPSA) is 87.7 Å². The number of nitrogens with one attached hydrogen (secondary N) is 2. The molecule has 35 heavy (non-hydrogen) atoms. The Labute approximate surface area is 203 Å².